The molecule has 0 bridgehead atoms. The van der Waals surface area contributed by atoms with Crippen LogP contribution in [0, 0.1) is 6.92 Å². The molecule has 0 atom stereocenters. The number of carbonyl (C=O) groups excluding carboxylic acids is 1. The van der Waals surface area contributed by atoms with Crippen molar-refractivity contribution in [2.24, 2.45) is 0 Å². The molecule has 0 aliphatic rings. The third-order valence-corrected chi connectivity index (χ3v) is 5.47. The van der Waals surface area contributed by atoms with Crippen LogP contribution in [0.3, 0.4) is 0 Å². The third-order valence-electron chi connectivity index (χ3n) is 4.14. The Hall–Kier alpha value is -1.60. The van der Waals surface area contributed by atoms with Crippen LogP contribution in [0.5, 0.6) is 0 Å². The van der Waals surface area contributed by atoms with Gasteiger partial charge in [-0.3, -0.25) is 4.18 Å². The zero-order valence-corrected chi connectivity index (χ0v) is 18.7. The van der Waals surface area contributed by atoms with Gasteiger partial charge in [0.15, 0.2) is 0 Å². The van der Waals surface area contributed by atoms with Gasteiger partial charge in [-0.25, -0.2) is 4.79 Å². The highest BCUT2D eigenvalue weighted by Gasteiger charge is 2.19. The van der Waals surface area contributed by atoms with Crippen molar-refractivity contribution in [3.05, 3.63) is 29.8 Å². The second-order valence-electron chi connectivity index (χ2n) is 8.11. The predicted octanol–water partition coefficient (Wildman–Crippen LogP) is 4.91. The fraction of sp³-hybridized carbons (Fsp3) is 0.667. The molecule has 0 N–H and O–H groups in total. The number of nitrogens with zero attached hydrogens (tertiary/aromatic N) is 1. The fourth-order valence-corrected chi connectivity index (χ4v) is 3.47. The van der Waals surface area contributed by atoms with Gasteiger partial charge in [0.25, 0.3) is 10.1 Å². The van der Waals surface area contributed by atoms with Crippen LogP contribution in [0.25, 0.3) is 0 Å². The van der Waals surface area contributed by atoms with Crippen LogP contribution < -0.4 is 0 Å². The van der Waals surface area contributed by atoms with Gasteiger partial charge in [0.05, 0.1) is 11.5 Å². The molecule has 1 aromatic carbocycles. The van der Waals surface area contributed by atoms with Crippen molar-refractivity contribution < 1.29 is 22.1 Å². The summed E-state index contributed by atoms with van der Waals surface area (Å²) in [6, 6.07) is 6.66. The van der Waals surface area contributed by atoms with E-state index in [1.807, 2.05) is 27.7 Å². The zero-order valence-electron chi connectivity index (χ0n) is 17.9. The molecule has 0 unspecified atom stereocenters. The molecule has 0 saturated heterocycles. The van der Waals surface area contributed by atoms with Crippen molar-refractivity contribution >= 4 is 16.2 Å². The van der Waals surface area contributed by atoms with Gasteiger partial charge < -0.3 is 9.64 Å². The molecular formula is C21H35NO5S. The van der Waals surface area contributed by atoms with E-state index < -0.39 is 15.7 Å². The summed E-state index contributed by atoms with van der Waals surface area (Å²) in [5.41, 5.74) is 0.539. The van der Waals surface area contributed by atoms with E-state index in [0.717, 1.165) is 37.7 Å². The molecule has 0 saturated carbocycles. The van der Waals surface area contributed by atoms with Gasteiger partial charge in [0.1, 0.15) is 5.60 Å². The lowest BCUT2D eigenvalue weighted by atomic mass is 10.1. The molecule has 0 radical (unpaired) electrons. The zero-order chi connectivity index (χ0) is 21.2. The van der Waals surface area contributed by atoms with Crippen LogP contribution >= 0.6 is 0 Å². The fourth-order valence-electron chi connectivity index (χ4n) is 2.53. The molecule has 0 fully saturated rings. The van der Waals surface area contributed by atoms with Crippen LogP contribution in [0.2, 0.25) is 0 Å². The van der Waals surface area contributed by atoms with Gasteiger partial charge in [-0.05, 0) is 52.7 Å². The lowest BCUT2D eigenvalue weighted by Crippen LogP contribution is -2.34. The Balaban J connectivity index is 2.09. The van der Waals surface area contributed by atoms with Crippen LogP contribution in [0.4, 0.5) is 4.79 Å². The maximum Gasteiger partial charge on any atom is 0.410 e. The van der Waals surface area contributed by atoms with Gasteiger partial charge in [0.2, 0.25) is 0 Å². The number of aryl methyl sites for hydroxylation is 1. The number of carbonyl (C=O) groups is 1. The van der Waals surface area contributed by atoms with Crippen molar-refractivity contribution in [3.8, 4) is 0 Å². The number of unbranched alkanes of at least 4 members (excludes halogenated alkanes) is 5. The Labute approximate surface area is 170 Å². The van der Waals surface area contributed by atoms with Crippen LogP contribution in [0.1, 0.15) is 64.9 Å². The van der Waals surface area contributed by atoms with E-state index in [0.29, 0.717) is 13.0 Å². The minimum atomic E-state index is -3.66. The van der Waals surface area contributed by atoms with Crippen molar-refractivity contribution in [2.45, 2.75) is 76.7 Å². The summed E-state index contributed by atoms with van der Waals surface area (Å²) in [5, 5.41) is 0. The smallest absolute Gasteiger partial charge is 0.410 e. The van der Waals surface area contributed by atoms with Gasteiger partial charge in [-0.15, -0.1) is 0 Å². The normalized spacial score (nSPS) is 12.0. The maximum absolute atomic E-state index is 12.1. The van der Waals surface area contributed by atoms with Crippen LogP contribution in [-0.2, 0) is 19.0 Å². The summed E-state index contributed by atoms with van der Waals surface area (Å²) in [5.74, 6) is 0. The first-order valence-electron chi connectivity index (χ1n) is 9.91. The van der Waals surface area contributed by atoms with Gasteiger partial charge in [-0.1, -0.05) is 43.4 Å². The molecule has 0 spiro atoms. The average molecular weight is 414 g/mol. The molecule has 28 heavy (non-hydrogen) atoms. The van der Waals surface area contributed by atoms with Crippen molar-refractivity contribution in [1.82, 2.24) is 4.90 Å². The Morgan fingerprint density at radius 2 is 1.50 bits per heavy atom. The van der Waals surface area contributed by atoms with E-state index in [2.05, 4.69) is 0 Å². The van der Waals surface area contributed by atoms with E-state index in [1.54, 1.807) is 36.2 Å². The van der Waals surface area contributed by atoms with Gasteiger partial charge in [-0.2, -0.15) is 8.42 Å². The minimum absolute atomic E-state index is 0.201. The van der Waals surface area contributed by atoms with Gasteiger partial charge >= 0.3 is 6.09 Å². The van der Waals surface area contributed by atoms with Crippen molar-refractivity contribution in [1.29, 1.82) is 0 Å². The number of benzene rings is 1. The molecule has 0 aliphatic carbocycles. The Bertz CT molecular complexity index is 693. The molecule has 6 nitrogen and oxygen atoms in total. The second-order valence-corrected chi connectivity index (χ2v) is 9.73. The summed E-state index contributed by atoms with van der Waals surface area (Å²) in [7, 11) is -1.91. The van der Waals surface area contributed by atoms with E-state index >= 15 is 0 Å². The SMILES string of the molecule is Cc1ccc(S(=O)(=O)OCCCCCCCCN(C)C(=O)OC(C)(C)C)cc1. The summed E-state index contributed by atoms with van der Waals surface area (Å²) in [6.07, 6.45) is 5.36. The first-order chi connectivity index (χ1) is 13.0. The first-order valence-corrected chi connectivity index (χ1v) is 11.3. The Morgan fingerprint density at radius 1 is 0.964 bits per heavy atom. The molecule has 1 rings (SSSR count). The van der Waals surface area contributed by atoms with Crippen molar-refractivity contribution in [2.75, 3.05) is 20.2 Å². The Morgan fingerprint density at radius 3 is 2.07 bits per heavy atom. The topological polar surface area (TPSA) is 72.9 Å². The largest absolute Gasteiger partial charge is 0.444 e. The number of hydrogen-bond acceptors (Lipinski definition) is 5. The minimum Gasteiger partial charge on any atom is -0.444 e. The number of rotatable bonds is 11. The van der Waals surface area contributed by atoms with E-state index in [1.165, 1.54) is 0 Å². The maximum atomic E-state index is 12.1. The van der Waals surface area contributed by atoms with Gasteiger partial charge in [0, 0.05) is 13.6 Å². The van der Waals surface area contributed by atoms with E-state index in [9.17, 15) is 13.2 Å². The highest BCUT2D eigenvalue weighted by molar-refractivity contribution is 7.86. The highest BCUT2D eigenvalue weighted by atomic mass is 32.2. The standard InChI is InChI=1S/C21H35NO5S/c1-18-12-14-19(15-13-18)28(24,25)26-17-11-9-7-6-8-10-16-22(5)20(23)27-21(2,3)4/h12-15H,6-11,16-17H2,1-5H3. The predicted molar refractivity (Wildman–Crippen MR) is 111 cm³/mol. The second kappa shape index (κ2) is 11.4. The molecule has 1 amide bonds. The highest BCUT2D eigenvalue weighted by Crippen LogP contribution is 2.15. The molecule has 7 heteroatoms. The molecule has 0 aromatic heterocycles. The molecule has 160 valence electrons. The van der Waals surface area contributed by atoms with Crippen LogP contribution in [0.15, 0.2) is 29.2 Å². The van der Waals surface area contributed by atoms with Crippen molar-refractivity contribution in [3.63, 3.8) is 0 Å². The monoisotopic (exact) mass is 413 g/mol. The number of amides is 1. The number of ether oxygens (including phenoxy) is 1. The molecule has 1 aromatic rings. The van der Waals surface area contributed by atoms with E-state index in [4.69, 9.17) is 8.92 Å². The summed E-state index contributed by atoms with van der Waals surface area (Å²) >= 11 is 0. The Kier molecular flexibility index (Phi) is 9.96. The first kappa shape index (κ1) is 24.4. The quantitative estimate of drug-likeness (QED) is 0.381. The third kappa shape index (κ3) is 10.1. The molecular weight excluding hydrogens is 378 g/mol. The molecule has 0 aliphatic heterocycles. The molecule has 0 heterocycles. The van der Waals surface area contributed by atoms with E-state index in [-0.39, 0.29) is 17.6 Å². The average Bonchev–Trinajstić information content (AvgIpc) is 2.59. The number of hydrogen-bond donors (Lipinski definition) is 0. The summed E-state index contributed by atoms with van der Waals surface area (Å²) in [4.78, 5) is 13.6. The van der Waals surface area contributed by atoms with Crippen LogP contribution in [-0.4, -0.2) is 45.2 Å². The summed E-state index contributed by atoms with van der Waals surface area (Å²) < 4.78 is 34.5. The lowest BCUT2D eigenvalue weighted by molar-refractivity contribution is 0.0296. The lowest BCUT2D eigenvalue weighted by Gasteiger charge is -2.24. The summed E-state index contributed by atoms with van der Waals surface area (Å²) in [6.45, 7) is 8.36.